The van der Waals surface area contributed by atoms with Crippen LogP contribution in [0, 0.1) is 5.92 Å². The van der Waals surface area contributed by atoms with Crippen LogP contribution >= 0.6 is 11.3 Å². The second-order valence-electron chi connectivity index (χ2n) is 5.89. The first-order chi connectivity index (χ1) is 9.04. The first-order valence-electron chi connectivity index (χ1n) is 7.18. The van der Waals surface area contributed by atoms with Crippen molar-refractivity contribution in [3.8, 4) is 0 Å². The van der Waals surface area contributed by atoms with Crippen LogP contribution in [-0.2, 0) is 16.0 Å². The Labute approximate surface area is 119 Å². The molecule has 106 valence electrons. The van der Waals surface area contributed by atoms with Crippen LogP contribution in [0.4, 0.5) is 0 Å². The van der Waals surface area contributed by atoms with Crippen molar-refractivity contribution < 1.29 is 9.53 Å². The van der Waals surface area contributed by atoms with Gasteiger partial charge in [0, 0.05) is 11.3 Å². The zero-order chi connectivity index (χ0) is 13.8. The number of rotatable bonds is 4. The maximum absolute atomic E-state index is 11.9. The van der Waals surface area contributed by atoms with Crippen LogP contribution in [0.2, 0.25) is 0 Å². The molecule has 1 aliphatic rings. The van der Waals surface area contributed by atoms with Gasteiger partial charge in [0.1, 0.15) is 6.10 Å². The lowest BCUT2D eigenvalue weighted by atomic mass is 9.89. The summed E-state index contributed by atoms with van der Waals surface area (Å²) >= 11 is 1.63. The normalized spacial score (nSPS) is 23.6. The number of ether oxygens (including phenoxy) is 1. The van der Waals surface area contributed by atoms with Crippen LogP contribution in [0.15, 0.2) is 5.38 Å². The van der Waals surface area contributed by atoms with Gasteiger partial charge in [0.25, 0.3) is 0 Å². The Morgan fingerprint density at radius 1 is 1.53 bits per heavy atom. The molecule has 0 spiro atoms. The van der Waals surface area contributed by atoms with Crippen LogP contribution in [0.3, 0.4) is 0 Å². The molecule has 4 heteroatoms. The van der Waals surface area contributed by atoms with Crippen LogP contribution in [0.25, 0.3) is 0 Å². The number of esters is 1. The Bertz CT molecular complexity index is 428. The minimum absolute atomic E-state index is 0.124. The van der Waals surface area contributed by atoms with E-state index in [-0.39, 0.29) is 12.1 Å². The van der Waals surface area contributed by atoms with Gasteiger partial charge in [-0.3, -0.25) is 4.79 Å². The molecule has 1 heterocycles. The van der Waals surface area contributed by atoms with E-state index in [4.69, 9.17) is 4.74 Å². The van der Waals surface area contributed by atoms with Crippen molar-refractivity contribution in [3.63, 3.8) is 0 Å². The largest absolute Gasteiger partial charge is 0.462 e. The van der Waals surface area contributed by atoms with Crippen LogP contribution in [-0.4, -0.2) is 17.1 Å². The van der Waals surface area contributed by atoms with Gasteiger partial charge in [-0.15, -0.1) is 11.3 Å². The van der Waals surface area contributed by atoms with E-state index in [1.54, 1.807) is 11.3 Å². The third kappa shape index (κ3) is 4.30. The van der Waals surface area contributed by atoms with Crippen LogP contribution in [0.5, 0.6) is 0 Å². The lowest BCUT2D eigenvalue weighted by Gasteiger charge is -2.26. The van der Waals surface area contributed by atoms with E-state index in [1.165, 1.54) is 12.8 Å². The quantitative estimate of drug-likeness (QED) is 0.785. The molecule has 2 rings (SSSR count). The highest BCUT2D eigenvalue weighted by atomic mass is 32.1. The molecular weight excluding hydrogens is 258 g/mol. The summed E-state index contributed by atoms with van der Waals surface area (Å²) in [6, 6.07) is 0. The number of aromatic nitrogens is 1. The average Bonchev–Trinajstić information content (AvgIpc) is 2.77. The number of carbonyl (C=O) groups is 1. The highest BCUT2D eigenvalue weighted by molar-refractivity contribution is 7.09. The predicted octanol–water partition coefficient (Wildman–Crippen LogP) is 3.93. The van der Waals surface area contributed by atoms with Gasteiger partial charge in [-0.05, 0) is 25.2 Å². The van der Waals surface area contributed by atoms with E-state index in [9.17, 15) is 4.79 Å². The van der Waals surface area contributed by atoms with Crippen LogP contribution in [0.1, 0.15) is 63.1 Å². The summed E-state index contributed by atoms with van der Waals surface area (Å²) in [5.41, 5.74) is 0.850. The lowest BCUT2D eigenvalue weighted by molar-refractivity contribution is -0.150. The summed E-state index contributed by atoms with van der Waals surface area (Å²) in [6.45, 7) is 6.46. The minimum Gasteiger partial charge on any atom is -0.462 e. The first-order valence-corrected chi connectivity index (χ1v) is 8.06. The van der Waals surface area contributed by atoms with Gasteiger partial charge >= 0.3 is 5.97 Å². The third-order valence-electron chi connectivity index (χ3n) is 3.58. The third-order valence-corrected chi connectivity index (χ3v) is 4.77. The fourth-order valence-corrected chi connectivity index (χ4v) is 3.36. The van der Waals surface area contributed by atoms with Gasteiger partial charge in [-0.25, -0.2) is 4.98 Å². The fraction of sp³-hybridized carbons (Fsp3) is 0.733. The monoisotopic (exact) mass is 281 g/mol. The van der Waals surface area contributed by atoms with E-state index in [1.807, 2.05) is 5.38 Å². The molecule has 0 bridgehead atoms. The Kier molecular flexibility index (Phi) is 4.97. The molecule has 1 aliphatic carbocycles. The second kappa shape index (κ2) is 6.51. The summed E-state index contributed by atoms with van der Waals surface area (Å²) < 4.78 is 5.56. The average molecular weight is 281 g/mol. The van der Waals surface area contributed by atoms with Gasteiger partial charge in [0.2, 0.25) is 0 Å². The highest BCUT2D eigenvalue weighted by Gasteiger charge is 2.22. The molecule has 0 amide bonds. The van der Waals surface area contributed by atoms with Crippen LogP contribution < -0.4 is 0 Å². The molecule has 2 atom stereocenters. The van der Waals surface area contributed by atoms with Crippen molar-refractivity contribution in [2.24, 2.45) is 5.92 Å². The minimum atomic E-state index is -0.125. The maximum atomic E-state index is 11.9. The van der Waals surface area contributed by atoms with E-state index in [0.717, 1.165) is 23.5 Å². The molecule has 2 unspecified atom stereocenters. The first kappa shape index (κ1) is 14.5. The maximum Gasteiger partial charge on any atom is 0.312 e. The summed E-state index contributed by atoms with van der Waals surface area (Å²) in [5.74, 6) is 0.979. The number of hydrogen-bond donors (Lipinski definition) is 0. The lowest BCUT2D eigenvalue weighted by Crippen LogP contribution is -2.25. The number of hydrogen-bond acceptors (Lipinski definition) is 4. The zero-order valence-corrected chi connectivity index (χ0v) is 12.8. The standard InChI is InChI=1S/C15H23NO2S/c1-10(2)15-16-12(9-19-15)8-14(17)18-13-6-4-5-11(3)7-13/h9-11,13H,4-8H2,1-3H3. The van der Waals surface area contributed by atoms with Gasteiger partial charge in [-0.1, -0.05) is 27.2 Å². The zero-order valence-electron chi connectivity index (χ0n) is 12.0. The number of nitrogens with zero attached hydrogens (tertiary/aromatic N) is 1. The Morgan fingerprint density at radius 2 is 2.32 bits per heavy atom. The highest BCUT2D eigenvalue weighted by Crippen LogP contribution is 2.26. The topological polar surface area (TPSA) is 39.2 Å². The van der Waals surface area contributed by atoms with E-state index in [2.05, 4.69) is 25.8 Å². The van der Waals surface area contributed by atoms with Gasteiger partial charge < -0.3 is 4.74 Å². The summed E-state index contributed by atoms with van der Waals surface area (Å²) in [4.78, 5) is 16.4. The van der Waals surface area contributed by atoms with Crippen molar-refractivity contribution in [1.82, 2.24) is 4.98 Å². The molecular formula is C15H23NO2S. The van der Waals surface area contributed by atoms with Gasteiger partial charge in [0.05, 0.1) is 17.1 Å². The fourth-order valence-electron chi connectivity index (χ4n) is 2.53. The molecule has 0 aromatic carbocycles. The summed E-state index contributed by atoms with van der Waals surface area (Å²) in [5, 5.41) is 3.06. The molecule has 19 heavy (non-hydrogen) atoms. The number of carbonyl (C=O) groups excluding carboxylic acids is 1. The van der Waals surface area contributed by atoms with Crippen molar-refractivity contribution in [1.29, 1.82) is 0 Å². The SMILES string of the molecule is CC1CCCC(OC(=O)Cc2csc(C(C)C)n2)C1. The van der Waals surface area contributed by atoms with Crippen molar-refractivity contribution in [3.05, 3.63) is 16.1 Å². The van der Waals surface area contributed by atoms with E-state index >= 15 is 0 Å². The molecule has 3 nitrogen and oxygen atoms in total. The van der Waals surface area contributed by atoms with Crippen molar-refractivity contribution in [2.45, 2.75) is 64.9 Å². The molecule has 0 saturated heterocycles. The molecule has 1 saturated carbocycles. The van der Waals surface area contributed by atoms with Crippen molar-refractivity contribution >= 4 is 17.3 Å². The number of thiazole rings is 1. The molecule has 1 aromatic heterocycles. The molecule has 0 aliphatic heterocycles. The van der Waals surface area contributed by atoms with Gasteiger partial charge in [0.15, 0.2) is 0 Å². The van der Waals surface area contributed by atoms with E-state index < -0.39 is 0 Å². The Balaban J connectivity index is 1.83. The van der Waals surface area contributed by atoms with E-state index in [0.29, 0.717) is 18.3 Å². The molecule has 1 aromatic rings. The summed E-state index contributed by atoms with van der Waals surface area (Å²) in [6.07, 6.45) is 4.91. The Hall–Kier alpha value is -0.900. The smallest absolute Gasteiger partial charge is 0.312 e. The Morgan fingerprint density at radius 3 is 2.95 bits per heavy atom. The molecule has 1 fully saturated rings. The molecule has 0 radical (unpaired) electrons. The molecule has 0 N–H and O–H groups in total. The van der Waals surface area contributed by atoms with Crippen molar-refractivity contribution in [2.75, 3.05) is 0 Å². The second-order valence-corrected chi connectivity index (χ2v) is 6.78. The predicted molar refractivity (Wildman–Crippen MR) is 77.4 cm³/mol. The summed E-state index contributed by atoms with van der Waals surface area (Å²) in [7, 11) is 0. The van der Waals surface area contributed by atoms with Gasteiger partial charge in [-0.2, -0.15) is 0 Å².